The van der Waals surface area contributed by atoms with Crippen LogP contribution in [0.2, 0.25) is 0 Å². The molecule has 0 bridgehead atoms. The van der Waals surface area contributed by atoms with Gasteiger partial charge in [0, 0.05) is 24.4 Å². The van der Waals surface area contributed by atoms with Gasteiger partial charge in [-0.2, -0.15) is 5.10 Å². The molecule has 20 heavy (non-hydrogen) atoms. The van der Waals surface area contributed by atoms with Gasteiger partial charge in [-0.1, -0.05) is 37.3 Å². The predicted molar refractivity (Wildman–Crippen MR) is 81.6 cm³/mol. The van der Waals surface area contributed by atoms with Crippen LogP contribution in [0.15, 0.2) is 36.7 Å². The molecular formula is C16H24N4. The quantitative estimate of drug-likeness (QED) is 0.879. The Kier molecular flexibility index (Phi) is 4.55. The fraction of sp³-hybridized carbons (Fsp3) is 0.500. The molecule has 0 aliphatic rings. The van der Waals surface area contributed by atoms with Crippen LogP contribution in [0.25, 0.3) is 0 Å². The van der Waals surface area contributed by atoms with E-state index < -0.39 is 0 Å². The van der Waals surface area contributed by atoms with Gasteiger partial charge in [0.2, 0.25) is 0 Å². The van der Waals surface area contributed by atoms with Crippen LogP contribution in [-0.2, 0) is 11.8 Å². The van der Waals surface area contributed by atoms with E-state index in [2.05, 4.69) is 55.1 Å². The first-order valence-corrected chi connectivity index (χ1v) is 7.27. The van der Waals surface area contributed by atoms with Gasteiger partial charge in [0.05, 0.1) is 0 Å². The van der Waals surface area contributed by atoms with Gasteiger partial charge >= 0.3 is 0 Å². The Morgan fingerprint density at radius 1 is 1.25 bits per heavy atom. The highest BCUT2D eigenvalue weighted by atomic mass is 15.3. The van der Waals surface area contributed by atoms with E-state index in [4.69, 9.17) is 5.73 Å². The van der Waals surface area contributed by atoms with E-state index in [1.807, 2.05) is 10.7 Å². The predicted octanol–water partition coefficient (Wildman–Crippen LogP) is 2.71. The van der Waals surface area contributed by atoms with Crippen molar-refractivity contribution in [1.29, 1.82) is 0 Å². The minimum Gasteiger partial charge on any atom is -0.330 e. The molecular weight excluding hydrogens is 248 g/mol. The molecule has 0 aliphatic heterocycles. The molecule has 0 radical (unpaired) electrons. The monoisotopic (exact) mass is 272 g/mol. The highest BCUT2D eigenvalue weighted by Gasteiger charge is 2.31. The number of hydrogen-bond donors (Lipinski definition) is 1. The second-order valence-electron chi connectivity index (χ2n) is 5.60. The molecule has 0 amide bonds. The molecule has 0 fully saturated rings. The Labute approximate surface area is 121 Å². The standard InChI is InChI=1S/C16H24N4/c1-4-16(11-17,14-8-6-5-7-9-14)10-15-18-12-19-20(15)13(2)3/h5-9,12-13H,4,10-11,17H2,1-3H3. The molecule has 0 aliphatic carbocycles. The van der Waals surface area contributed by atoms with Gasteiger partial charge in [0.15, 0.2) is 0 Å². The van der Waals surface area contributed by atoms with E-state index in [0.717, 1.165) is 18.7 Å². The highest BCUT2D eigenvalue weighted by molar-refractivity contribution is 5.27. The summed E-state index contributed by atoms with van der Waals surface area (Å²) in [7, 11) is 0. The fourth-order valence-electron chi connectivity index (χ4n) is 2.69. The number of hydrogen-bond acceptors (Lipinski definition) is 3. The average molecular weight is 272 g/mol. The lowest BCUT2D eigenvalue weighted by Crippen LogP contribution is -2.38. The van der Waals surface area contributed by atoms with Gasteiger partial charge in [-0.3, -0.25) is 0 Å². The van der Waals surface area contributed by atoms with Crippen LogP contribution in [0, 0.1) is 0 Å². The lowest BCUT2D eigenvalue weighted by Gasteiger charge is -2.32. The number of nitrogens with zero attached hydrogens (tertiary/aromatic N) is 3. The number of rotatable bonds is 6. The molecule has 0 saturated carbocycles. The molecule has 0 saturated heterocycles. The molecule has 2 N–H and O–H groups in total. The van der Waals surface area contributed by atoms with Crippen LogP contribution >= 0.6 is 0 Å². The van der Waals surface area contributed by atoms with Crippen molar-refractivity contribution >= 4 is 0 Å². The van der Waals surface area contributed by atoms with Gasteiger partial charge < -0.3 is 5.73 Å². The molecule has 2 aromatic rings. The maximum atomic E-state index is 6.14. The third kappa shape index (κ3) is 2.75. The third-order valence-electron chi connectivity index (χ3n) is 4.09. The lowest BCUT2D eigenvalue weighted by atomic mass is 9.75. The van der Waals surface area contributed by atoms with Crippen LogP contribution in [0.5, 0.6) is 0 Å². The van der Waals surface area contributed by atoms with E-state index in [0.29, 0.717) is 12.6 Å². The van der Waals surface area contributed by atoms with E-state index in [1.54, 1.807) is 6.33 Å². The van der Waals surface area contributed by atoms with Crippen LogP contribution in [0.4, 0.5) is 0 Å². The zero-order valence-electron chi connectivity index (χ0n) is 12.6. The van der Waals surface area contributed by atoms with Gasteiger partial charge in [-0.05, 0) is 25.8 Å². The van der Waals surface area contributed by atoms with Crippen molar-refractivity contribution in [3.05, 3.63) is 48.0 Å². The summed E-state index contributed by atoms with van der Waals surface area (Å²) in [5.41, 5.74) is 7.35. The van der Waals surface area contributed by atoms with Gasteiger partial charge in [0.25, 0.3) is 0 Å². The SMILES string of the molecule is CCC(CN)(Cc1ncnn1C(C)C)c1ccccc1. The Morgan fingerprint density at radius 3 is 2.50 bits per heavy atom. The maximum Gasteiger partial charge on any atom is 0.138 e. The first kappa shape index (κ1) is 14.7. The summed E-state index contributed by atoms with van der Waals surface area (Å²) in [6, 6.07) is 10.8. The van der Waals surface area contributed by atoms with Crippen molar-refractivity contribution in [2.75, 3.05) is 6.54 Å². The van der Waals surface area contributed by atoms with Crippen LogP contribution in [0.1, 0.15) is 44.6 Å². The molecule has 1 atom stereocenters. The largest absolute Gasteiger partial charge is 0.330 e. The lowest BCUT2D eigenvalue weighted by molar-refractivity contribution is 0.387. The van der Waals surface area contributed by atoms with Gasteiger partial charge in [0.1, 0.15) is 12.2 Å². The first-order chi connectivity index (χ1) is 9.63. The van der Waals surface area contributed by atoms with E-state index in [1.165, 1.54) is 5.56 Å². The first-order valence-electron chi connectivity index (χ1n) is 7.27. The smallest absolute Gasteiger partial charge is 0.138 e. The molecule has 1 aromatic heterocycles. The molecule has 108 valence electrons. The molecule has 1 heterocycles. The normalized spacial score (nSPS) is 14.4. The summed E-state index contributed by atoms with van der Waals surface area (Å²) in [6.45, 7) is 7.04. The molecule has 4 heteroatoms. The van der Waals surface area contributed by atoms with E-state index in [-0.39, 0.29) is 5.41 Å². The van der Waals surface area contributed by atoms with E-state index in [9.17, 15) is 0 Å². The zero-order valence-corrected chi connectivity index (χ0v) is 12.6. The minimum atomic E-state index is -0.0685. The summed E-state index contributed by atoms with van der Waals surface area (Å²) in [5.74, 6) is 1.01. The summed E-state index contributed by atoms with van der Waals surface area (Å²) in [5, 5.41) is 4.33. The molecule has 1 aromatic carbocycles. The number of benzene rings is 1. The van der Waals surface area contributed by atoms with Gasteiger partial charge in [-0.25, -0.2) is 9.67 Å². The third-order valence-corrected chi connectivity index (χ3v) is 4.09. The van der Waals surface area contributed by atoms with Crippen molar-refractivity contribution in [2.45, 2.75) is 45.1 Å². The maximum absolute atomic E-state index is 6.14. The number of nitrogens with two attached hydrogens (primary N) is 1. The minimum absolute atomic E-state index is 0.0685. The highest BCUT2D eigenvalue weighted by Crippen LogP contribution is 2.30. The Hall–Kier alpha value is -1.68. The Balaban J connectivity index is 2.37. The number of aromatic nitrogens is 3. The summed E-state index contributed by atoms with van der Waals surface area (Å²) in [6.07, 6.45) is 3.44. The molecule has 0 spiro atoms. The Bertz CT molecular complexity index is 526. The average Bonchev–Trinajstić information content (AvgIpc) is 2.94. The fourth-order valence-corrected chi connectivity index (χ4v) is 2.69. The zero-order chi connectivity index (χ0) is 14.6. The van der Waals surface area contributed by atoms with Crippen molar-refractivity contribution in [1.82, 2.24) is 14.8 Å². The van der Waals surface area contributed by atoms with Crippen molar-refractivity contribution in [2.24, 2.45) is 5.73 Å². The van der Waals surface area contributed by atoms with Crippen molar-refractivity contribution < 1.29 is 0 Å². The van der Waals surface area contributed by atoms with E-state index >= 15 is 0 Å². The van der Waals surface area contributed by atoms with Crippen LogP contribution in [-0.4, -0.2) is 21.3 Å². The second kappa shape index (κ2) is 6.18. The van der Waals surface area contributed by atoms with Crippen molar-refractivity contribution in [3.8, 4) is 0 Å². The topological polar surface area (TPSA) is 56.7 Å². The molecule has 1 unspecified atom stereocenters. The second-order valence-corrected chi connectivity index (χ2v) is 5.60. The Morgan fingerprint density at radius 2 is 1.95 bits per heavy atom. The summed E-state index contributed by atoms with van der Waals surface area (Å²) in [4.78, 5) is 4.44. The van der Waals surface area contributed by atoms with Gasteiger partial charge in [-0.15, -0.1) is 0 Å². The van der Waals surface area contributed by atoms with Crippen LogP contribution in [0.3, 0.4) is 0 Å². The van der Waals surface area contributed by atoms with Crippen LogP contribution < -0.4 is 5.73 Å². The summed E-state index contributed by atoms with van der Waals surface area (Å²) >= 11 is 0. The molecule has 4 nitrogen and oxygen atoms in total. The van der Waals surface area contributed by atoms with Crippen molar-refractivity contribution in [3.63, 3.8) is 0 Å². The molecule has 2 rings (SSSR count). The summed E-state index contributed by atoms with van der Waals surface area (Å²) < 4.78 is 1.99.